The quantitative estimate of drug-likeness (QED) is 0.841. The molecule has 0 aliphatic carbocycles. The highest BCUT2D eigenvalue weighted by atomic mass is 16.5. The molecule has 0 unspecified atom stereocenters. The standard InChI is InChI=1S/C11H9NO5/c1-16-9-4-6(13)2-3-7(9)10-8(11(14)15)5-12-17-10/h2-5,13H,1H3,(H,14,15). The van der Waals surface area contributed by atoms with E-state index in [1.807, 2.05) is 0 Å². The monoisotopic (exact) mass is 235 g/mol. The molecule has 0 bridgehead atoms. The molecule has 0 aliphatic heterocycles. The predicted molar refractivity (Wildman–Crippen MR) is 57.1 cm³/mol. The number of phenolic OH excluding ortho intramolecular Hbond substituents is 1. The molecule has 0 radical (unpaired) electrons. The average Bonchev–Trinajstić information content (AvgIpc) is 2.77. The summed E-state index contributed by atoms with van der Waals surface area (Å²) in [6.45, 7) is 0. The molecule has 0 amide bonds. The first-order valence-electron chi connectivity index (χ1n) is 4.69. The molecule has 2 aromatic rings. The molecule has 88 valence electrons. The van der Waals surface area contributed by atoms with Crippen LogP contribution < -0.4 is 4.74 Å². The predicted octanol–water partition coefficient (Wildman–Crippen LogP) is 1.75. The number of rotatable bonds is 3. The molecule has 6 nitrogen and oxygen atoms in total. The lowest BCUT2D eigenvalue weighted by Crippen LogP contribution is -1.97. The van der Waals surface area contributed by atoms with Gasteiger partial charge >= 0.3 is 5.97 Å². The smallest absolute Gasteiger partial charge is 0.341 e. The number of ether oxygens (including phenoxy) is 1. The lowest BCUT2D eigenvalue weighted by molar-refractivity contribution is 0.0697. The van der Waals surface area contributed by atoms with Gasteiger partial charge in [-0.2, -0.15) is 0 Å². The molecule has 6 heteroatoms. The van der Waals surface area contributed by atoms with E-state index in [0.717, 1.165) is 6.20 Å². The largest absolute Gasteiger partial charge is 0.508 e. The van der Waals surface area contributed by atoms with Crippen molar-refractivity contribution in [2.45, 2.75) is 0 Å². The van der Waals surface area contributed by atoms with Gasteiger partial charge in [-0.1, -0.05) is 5.16 Å². The van der Waals surface area contributed by atoms with E-state index in [0.29, 0.717) is 11.3 Å². The molecule has 0 saturated heterocycles. The number of hydrogen-bond acceptors (Lipinski definition) is 5. The second-order valence-corrected chi connectivity index (χ2v) is 3.26. The van der Waals surface area contributed by atoms with Crippen LogP contribution in [0.25, 0.3) is 11.3 Å². The molecule has 1 heterocycles. The SMILES string of the molecule is COc1cc(O)ccc1-c1oncc1C(=O)O. The molecular formula is C11H9NO5. The summed E-state index contributed by atoms with van der Waals surface area (Å²) < 4.78 is 9.95. The van der Waals surface area contributed by atoms with Gasteiger partial charge in [0, 0.05) is 6.07 Å². The maximum Gasteiger partial charge on any atom is 0.341 e. The summed E-state index contributed by atoms with van der Waals surface area (Å²) >= 11 is 0. The summed E-state index contributed by atoms with van der Waals surface area (Å²) in [7, 11) is 1.41. The van der Waals surface area contributed by atoms with E-state index < -0.39 is 5.97 Å². The molecule has 2 N–H and O–H groups in total. The Bertz CT molecular complexity index is 561. The van der Waals surface area contributed by atoms with Crippen molar-refractivity contribution in [1.29, 1.82) is 0 Å². The summed E-state index contributed by atoms with van der Waals surface area (Å²) in [4.78, 5) is 10.9. The third kappa shape index (κ3) is 1.92. The second kappa shape index (κ2) is 4.17. The van der Waals surface area contributed by atoms with Crippen molar-refractivity contribution in [1.82, 2.24) is 5.16 Å². The Labute approximate surface area is 96.0 Å². The van der Waals surface area contributed by atoms with Crippen LogP contribution in [0.4, 0.5) is 0 Å². The van der Waals surface area contributed by atoms with Crippen molar-refractivity contribution in [3.8, 4) is 22.8 Å². The van der Waals surface area contributed by atoms with Gasteiger partial charge in [-0.3, -0.25) is 0 Å². The fraction of sp³-hybridized carbons (Fsp3) is 0.0909. The Kier molecular flexibility index (Phi) is 2.70. The van der Waals surface area contributed by atoms with Crippen LogP contribution in [0.1, 0.15) is 10.4 Å². The lowest BCUT2D eigenvalue weighted by atomic mass is 10.1. The van der Waals surface area contributed by atoms with E-state index in [1.165, 1.54) is 25.3 Å². The van der Waals surface area contributed by atoms with Gasteiger partial charge in [0.15, 0.2) is 5.76 Å². The van der Waals surface area contributed by atoms with Crippen LogP contribution in [0.3, 0.4) is 0 Å². The number of nitrogens with zero attached hydrogens (tertiary/aromatic N) is 1. The molecule has 0 fully saturated rings. The minimum Gasteiger partial charge on any atom is -0.508 e. The summed E-state index contributed by atoms with van der Waals surface area (Å²) in [6, 6.07) is 4.27. The topological polar surface area (TPSA) is 92.8 Å². The second-order valence-electron chi connectivity index (χ2n) is 3.26. The van der Waals surface area contributed by atoms with Crippen LogP contribution in [-0.2, 0) is 0 Å². The van der Waals surface area contributed by atoms with E-state index >= 15 is 0 Å². The van der Waals surface area contributed by atoms with E-state index in [1.54, 1.807) is 0 Å². The van der Waals surface area contributed by atoms with E-state index in [9.17, 15) is 9.90 Å². The van der Waals surface area contributed by atoms with Gasteiger partial charge in [0.05, 0.1) is 18.9 Å². The van der Waals surface area contributed by atoms with Gasteiger partial charge in [0.2, 0.25) is 0 Å². The van der Waals surface area contributed by atoms with Crippen LogP contribution >= 0.6 is 0 Å². The molecule has 2 rings (SSSR count). The Hall–Kier alpha value is -2.50. The van der Waals surface area contributed by atoms with Crippen LogP contribution in [0, 0.1) is 0 Å². The number of aromatic nitrogens is 1. The number of methoxy groups -OCH3 is 1. The first-order valence-corrected chi connectivity index (χ1v) is 4.69. The normalized spacial score (nSPS) is 10.2. The Morgan fingerprint density at radius 3 is 2.88 bits per heavy atom. The van der Waals surface area contributed by atoms with Crippen molar-refractivity contribution in [2.24, 2.45) is 0 Å². The van der Waals surface area contributed by atoms with Crippen molar-refractivity contribution in [3.05, 3.63) is 30.0 Å². The van der Waals surface area contributed by atoms with E-state index in [2.05, 4.69) is 5.16 Å². The lowest BCUT2D eigenvalue weighted by Gasteiger charge is -2.06. The highest BCUT2D eigenvalue weighted by Gasteiger charge is 2.20. The van der Waals surface area contributed by atoms with E-state index in [-0.39, 0.29) is 17.1 Å². The van der Waals surface area contributed by atoms with Crippen LogP contribution in [0.15, 0.2) is 28.9 Å². The zero-order valence-corrected chi connectivity index (χ0v) is 8.88. The minimum absolute atomic E-state index is 0.0157. The molecule has 0 spiro atoms. The summed E-state index contributed by atoms with van der Waals surface area (Å²) in [5, 5.41) is 21.7. The highest BCUT2D eigenvalue weighted by molar-refractivity contribution is 5.94. The fourth-order valence-corrected chi connectivity index (χ4v) is 1.45. The van der Waals surface area contributed by atoms with Gasteiger partial charge in [-0.25, -0.2) is 4.79 Å². The third-order valence-electron chi connectivity index (χ3n) is 2.23. The summed E-state index contributed by atoms with van der Waals surface area (Å²) in [6.07, 6.45) is 1.12. The van der Waals surface area contributed by atoms with Crippen LogP contribution in [0.5, 0.6) is 11.5 Å². The number of hydrogen-bond donors (Lipinski definition) is 2. The Morgan fingerprint density at radius 1 is 1.47 bits per heavy atom. The molecule has 0 aliphatic rings. The van der Waals surface area contributed by atoms with Gasteiger partial charge < -0.3 is 19.5 Å². The van der Waals surface area contributed by atoms with Gasteiger partial charge in [0.1, 0.15) is 17.1 Å². The molecule has 1 aromatic carbocycles. The van der Waals surface area contributed by atoms with Gasteiger partial charge in [0.25, 0.3) is 0 Å². The van der Waals surface area contributed by atoms with Crippen LogP contribution in [0.2, 0.25) is 0 Å². The molecule has 0 atom stereocenters. The summed E-state index contributed by atoms with van der Waals surface area (Å²) in [5.74, 6) is -0.725. The van der Waals surface area contributed by atoms with Crippen molar-refractivity contribution in [3.63, 3.8) is 0 Å². The number of benzene rings is 1. The van der Waals surface area contributed by atoms with Crippen molar-refractivity contribution < 1.29 is 24.3 Å². The Balaban J connectivity index is 2.60. The molecule has 0 saturated carbocycles. The average molecular weight is 235 g/mol. The van der Waals surface area contributed by atoms with E-state index in [4.69, 9.17) is 14.4 Å². The number of aromatic hydroxyl groups is 1. The molecular weight excluding hydrogens is 226 g/mol. The van der Waals surface area contributed by atoms with Crippen molar-refractivity contribution in [2.75, 3.05) is 7.11 Å². The highest BCUT2D eigenvalue weighted by Crippen LogP contribution is 2.34. The zero-order chi connectivity index (χ0) is 12.4. The third-order valence-corrected chi connectivity index (χ3v) is 2.23. The van der Waals surface area contributed by atoms with Gasteiger partial charge in [-0.15, -0.1) is 0 Å². The van der Waals surface area contributed by atoms with Gasteiger partial charge in [-0.05, 0) is 12.1 Å². The number of carbonyl (C=O) groups is 1. The zero-order valence-electron chi connectivity index (χ0n) is 8.88. The first kappa shape index (κ1) is 11.0. The number of phenols is 1. The fourth-order valence-electron chi connectivity index (χ4n) is 1.45. The Morgan fingerprint density at radius 2 is 2.24 bits per heavy atom. The maximum atomic E-state index is 10.9. The molecule has 1 aromatic heterocycles. The first-order chi connectivity index (χ1) is 8.13. The molecule has 17 heavy (non-hydrogen) atoms. The maximum absolute atomic E-state index is 10.9. The minimum atomic E-state index is -1.14. The van der Waals surface area contributed by atoms with Crippen molar-refractivity contribution >= 4 is 5.97 Å². The number of aromatic carboxylic acids is 1. The summed E-state index contributed by atoms with van der Waals surface area (Å²) in [5.41, 5.74) is 0.356. The number of carboxylic acids is 1. The number of carboxylic acid groups (broad SMARTS) is 1. The van der Waals surface area contributed by atoms with Crippen LogP contribution in [-0.4, -0.2) is 28.4 Å².